The lowest BCUT2D eigenvalue weighted by molar-refractivity contribution is -0.125. The number of rotatable bonds is 5. The van der Waals surface area contributed by atoms with Crippen molar-refractivity contribution in [2.75, 3.05) is 25.4 Å². The van der Waals surface area contributed by atoms with E-state index < -0.39 is 21.7 Å². The van der Waals surface area contributed by atoms with Crippen molar-refractivity contribution in [3.8, 4) is 0 Å². The molecule has 0 bridgehead atoms. The van der Waals surface area contributed by atoms with Gasteiger partial charge < -0.3 is 15.0 Å². The monoisotopic (exact) mass is 403 g/mol. The lowest BCUT2D eigenvalue weighted by Crippen LogP contribution is -2.52. The van der Waals surface area contributed by atoms with Gasteiger partial charge in [0.2, 0.25) is 15.9 Å². The molecule has 8 nitrogen and oxygen atoms in total. The number of likely N-dealkylation sites (tertiary alicyclic amines) is 1. The van der Waals surface area contributed by atoms with Crippen LogP contribution in [0.25, 0.3) is 0 Å². The van der Waals surface area contributed by atoms with E-state index in [0.29, 0.717) is 51.7 Å². The van der Waals surface area contributed by atoms with Crippen LogP contribution in [-0.2, 0) is 19.6 Å². The van der Waals surface area contributed by atoms with Crippen LogP contribution in [0, 0.1) is 0 Å². The van der Waals surface area contributed by atoms with Gasteiger partial charge in [0, 0.05) is 25.7 Å². The molecule has 9 heteroatoms. The lowest BCUT2D eigenvalue weighted by Gasteiger charge is -2.34. The molecule has 0 radical (unpaired) electrons. The molecular weight excluding hydrogens is 370 g/mol. The number of carbonyl (C=O) groups excluding carboxylic acids is 2. The van der Waals surface area contributed by atoms with Crippen LogP contribution in [0.4, 0.5) is 4.79 Å². The number of carbonyl (C=O) groups is 2. The first-order chi connectivity index (χ1) is 12.5. The molecule has 1 N–H and O–H groups in total. The summed E-state index contributed by atoms with van der Waals surface area (Å²) in [5.74, 6) is -0.145. The Labute approximate surface area is 162 Å². The molecule has 2 saturated heterocycles. The maximum Gasteiger partial charge on any atom is 0.410 e. The average Bonchev–Trinajstić information content (AvgIpc) is 3.04. The lowest BCUT2D eigenvalue weighted by atomic mass is 10.0. The van der Waals surface area contributed by atoms with E-state index in [1.165, 1.54) is 4.31 Å². The van der Waals surface area contributed by atoms with E-state index in [1.54, 1.807) is 4.90 Å². The van der Waals surface area contributed by atoms with E-state index in [0.717, 1.165) is 0 Å². The Hall–Kier alpha value is -1.35. The van der Waals surface area contributed by atoms with Gasteiger partial charge in [-0.1, -0.05) is 6.92 Å². The summed E-state index contributed by atoms with van der Waals surface area (Å²) >= 11 is 0. The van der Waals surface area contributed by atoms with E-state index >= 15 is 0 Å². The third-order valence-corrected chi connectivity index (χ3v) is 6.89. The highest BCUT2D eigenvalue weighted by Crippen LogP contribution is 2.23. The Morgan fingerprint density at radius 1 is 1.11 bits per heavy atom. The molecular formula is C18H33N3O5S. The van der Waals surface area contributed by atoms with Crippen molar-refractivity contribution in [3.05, 3.63) is 0 Å². The molecule has 0 saturated carbocycles. The van der Waals surface area contributed by atoms with E-state index in [4.69, 9.17) is 4.74 Å². The van der Waals surface area contributed by atoms with Gasteiger partial charge in [-0.2, -0.15) is 4.31 Å². The Morgan fingerprint density at radius 3 is 2.30 bits per heavy atom. The molecule has 2 aliphatic heterocycles. The van der Waals surface area contributed by atoms with Gasteiger partial charge in [0.05, 0.1) is 5.75 Å². The van der Waals surface area contributed by atoms with Crippen LogP contribution in [0.1, 0.15) is 59.8 Å². The van der Waals surface area contributed by atoms with Crippen molar-refractivity contribution in [1.82, 2.24) is 14.5 Å². The molecule has 1 atom stereocenters. The van der Waals surface area contributed by atoms with Gasteiger partial charge in [-0.05, 0) is 52.9 Å². The first-order valence-corrected chi connectivity index (χ1v) is 11.4. The van der Waals surface area contributed by atoms with Gasteiger partial charge in [-0.15, -0.1) is 0 Å². The van der Waals surface area contributed by atoms with Crippen molar-refractivity contribution in [1.29, 1.82) is 0 Å². The molecule has 1 unspecified atom stereocenters. The summed E-state index contributed by atoms with van der Waals surface area (Å²) in [5.41, 5.74) is -0.530. The molecule has 2 aliphatic rings. The fraction of sp³-hybridized carbons (Fsp3) is 0.889. The average molecular weight is 404 g/mol. The maximum atomic E-state index is 12.7. The van der Waals surface area contributed by atoms with Crippen molar-refractivity contribution >= 4 is 22.0 Å². The summed E-state index contributed by atoms with van der Waals surface area (Å²) in [4.78, 5) is 26.4. The number of amides is 2. The minimum atomic E-state index is -3.38. The van der Waals surface area contributed by atoms with Gasteiger partial charge in [-0.3, -0.25) is 4.79 Å². The third-order valence-electron chi connectivity index (χ3n) is 4.82. The topological polar surface area (TPSA) is 96.0 Å². The normalized spacial score (nSPS) is 22.7. The minimum Gasteiger partial charge on any atom is -0.444 e. The number of hydrogen-bond donors (Lipinski definition) is 1. The zero-order chi connectivity index (χ0) is 20.2. The second-order valence-corrected chi connectivity index (χ2v) is 10.4. The largest absolute Gasteiger partial charge is 0.444 e. The molecule has 156 valence electrons. The molecule has 0 aliphatic carbocycles. The quantitative estimate of drug-likeness (QED) is 0.754. The first-order valence-electron chi connectivity index (χ1n) is 9.81. The maximum absolute atomic E-state index is 12.7. The highest BCUT2D eigenvalue weighted by atomic mass is 32.2. The molecule has 0 aromatic carbocycles. The molecule has 0 aromatic rings. The highest BCUT2D eigenvalue weighted by molar-refractivity contribution is 7.89. The molecule has 27 heavy (non-hydrogen) atoms. The first kappa shape index (κ1) is 21.9. The van der Waals surface area contributed by atoms with E-state index in [9.17, 15) is 18.0 Å². The van der Waals surface area contributed by atoms with Crippen LogP contribution in [-0.4, -0.2) is 72.7 Å². The summed E-state index contributed by atoms with van der Waals surface area (Å²) in [5, 5.41) is 2.99. The van der Waals surface area contributed by atoms with Gasteiger partial charge in [0.25, 0.3) is 0 Å². The predicted octanol–water partition coefficient (Wildman–Crippen LogP) is 1.71. The van der Waals surface area contributed by atoms with Gasteiger partial charge in [-0.25, -0.2) is 13.2 Å². The Balaban J connectivity index is 1.86. The van der Waals surface area contributed by atoms with E-state index in [-0.39, 0.29) is 23.8 Å². The summed E-state index contributed by atoms with van der Waals surface area (Å²) in [6, 6.07) is -0.655. The Bertz CT molecular complexity index is 636. The number of hydrogen-bond acceptors (Lipinski definition) is 5. The fourth-order valence-corrected chi connectivity index (χ4v) is 5.29. The van der Waals surface area contributed by atoms with E-state index in [2.05, 4.69) is 5.32 Å². The van der Waals surface area contributed by atoms with Crippen molar-refractivity contribution in [2.45, 2.75) is 77.5 Å². The fourth-order valence-electron chi connectivity index (χ4n) is 3.54. The zero-order valence-electron chi connectivity index (χ0n) is 16.9. The SMILES string of the molecule is CCCS(=O)(=O)N1CCCC1C(=O)NC1CCN(C(=O)OC(C)(C)C)CC1. The van der Waals surface area contributed by atoms with Crippen LogP contribution in [0.3, 0.4) is 0 Å². The molecule has 2 amide bonds. The molecule has 2 heterocycles. The smallest absolute Gasteiger partial charge is 0.410 e. The van der Waals surface area contributed by atoms with Crippen LogP contribution >= 0.6 is 0 Å². The second kappa shape index (κ2) is 8.77. The van der Waals surface area contributed by atoms with E-state index in [1.807, 2.05) is 27.7 Å². The third kappa shape index (κ3) is 6.07. The zero-order valence-corrected chi connectivity index (χ0v) is 17.7. The summed E-state index contributed by atoms with van der Waals surface area (Å²) in [7, 11) is -3.38. The molecule has 0 spiro atoms. The summed E-state index contributed by atoms with van der Waals surface area (Å²) in [6.07, 6.45) is 2.75. The standard InChI is InChI=1S/C18H33N3O5S/c1-5-13-27(24,25)21-10-6-7-15(21)16(22)19-14-8-11-20(12-9-14)17(23)26-18(2,3)4/h14-15H,5-13H2,1-4H3,(H,19,22). The Kier molecular flexibility index (Phi) is 7.13. The summed E-state index contributed by atoms with van der Waals surface area (Å²) in [6.45, 7) is 8.76. The second-order valence-electron chi connectivity index (χ2n) is 8.34. The van der Waals surface area contributed by atoms with Gasteiger partial charge in [0.1, 0.15) is 11.6 Å². The van der Waals surface area contributed by atoms with Crippen LogP contribution < -0.4 is 5.32 Å². The summed E-state index contributed by atoms with van der Waals surface area (Å²) < 4.78 is 31.5. The highest BCUT2D eigenvalue weighted by Gasteiger charge is 2.39. The molecule has 2 fully saturated rings. The number of ether oxygens (including phenoxy) is 1. The minimum absolute atomic E-state index is 0.0486. The number of sulfonamides is 1. The molecule has 0 aromatic heterocycles. The van der Waals surface area contributed by atoms with Gasteiger partial charge in [0.15, 0.2) is 0 Å². The Morgan fingerprint density at radius 2 is 1.74 bits per heavy atom. The number of nitrogens with zero attached hydrogens (tertiary/aromatic N) is 2. The van der Waals surface area contributed by atoms with Crippen LogP contribution in [0.2, 0.25) is 0 Å². The predicted molar refractivity (Wildman–Crippen MR) is 103 cm³/mol. The van der Waals surface area contributed by atoms with Gasteiger partial charge >= 0.3 is 6.09 Å². The van der Waals surface area contributed by atoms with Crippen molar-refractivity contribution < 1.29 is 22.7 Å². The van der Waals surface area contributed by atoms with Crippen molar-refractivity contribution in [2.24, 2.45) is 0 Å². The number of piperidine rings is 1. The van der Waals surface area contributed by atoms with Crippen LogP contribution in [0.5, 0.6) is 0 Å². The number of nitrogens with one attached hydrogen (secondary N) is 1. The van der Waals surface area contributed by atoms with Crippen LogP contribution in [0.15, 0.2) is 0 Å². The van der Waals surface area contributed by atoms with Crippen molar-refractivity contribution in [3.63, 3.8) is 0 Å². The molecule has 2 rings (SSSR count).